The van der Waals surface area contributed by atoms with E-state index in [4.69, 9.17) is 22.2 Å². The van der Waals surface area contributed by atoms with Crippen LogP contribution >= 0.6 is 11.6 Å². The van der Waals surface area contributed by atoms with E-state index in [9.17, 15) is 4.79 Å². The van der Waals surface area contributed by atoms with Crippen LogP contribution in [-0.4, -0.2) is 12.0 Å². The maximum Gasteiger partial charge on any atom is 0.274 e. The summed E-state index contributed by atoms with van der Waals surface area (Å²) in [5.74, 6) is 5.99. The van der Waals surface area contributed by atoms with Gasteiger partial charge in [-0.15, -0.1) is 0 Å². The fourth-order valence-electron chi connectivity index (χ4n) is 2.72. The molecular formula is C15H21ClN2O2. The summed E-state index contributed by atoms with van der Waals surface area (Å²) in [4.78, 5) is 11.5. The molecule has 1 aliphatic rings. The summed E-state index contributed by atoms with van der Waals surface area (Å²) >= 11 is 6.11. The van der Waals surface area contributed by atoms with E-state index in [1.54, 1.807) is 13.0 Å². The van der Waals surface area contributed by atoms with Gasteiger partial charge in [0.25, 0.3) is 5.91 Å². The van der Waals surface area contributed by atoms with Gasteiger partial charge < -0.3 is 4.74 Å². The number of carbonyl (C=O) groups excluding carboxylic acids is 1. The van der Waals surface area contributed by atoms with Crippen molar-refractivity contribution in [2.45, 2.75) is 51.0 Å². The molecule has 1 aromatic rings. The highest BCUT2D eigenvalue weighted by Crippen LogP contribution is 2.39. The van der Waals surface area contributed by atoms with E-state index in [1.165, 1.54) is 19.3 Å². The van der Waals surface area contributed by atoms with Crippen LogP contribution in [0.1, 0.15) is 50.5 Å². The Balaban J connectivity index is 2.21. The molecule has 1 saturated carbocycles. The molecule has 0 heterocycles. The lowest BCUT2D eigenvalue weighted by Crippen LogP contribution is -2.40. The van der Waals surface area contributed by atoms with E-state index in [1.807, 2.05) is 12.1 Å². The highest BCUT2D eigenvalue weighted by atomic mass is 35.5. The zero-order valence-corrected chi connectivity index (χ0v) is 12.5. The maximum atomic E-state index is 11.5. The molecule has 1 aromatic carbocycles. The minimum atomic E-state index is -0.622. The summed E-state index contributed by atoms with van der Waals surface area (Å²) in [5.41, 5.74) is 3.21. The Bertz CT molecular complexity index is 473. The van der Waals surface area contributed by atoms with Gasteiger partial charge in [-0.05, 0) is 49.4 Å². The second-order valence-corrected chi connectivity index (χ2v) is 5.72. The van der Waals surface area contributed by atoms with Gasteiger partial charge in [-0.3, -0.25) is 10.2 Å². The average molecular weight is 297 g/mol. The van der Waals surface area contributed by atoms with Crippen LogP contribution in [0.15, 0.2) is 18.2 Å². The van der Waals surface area contributed by atoms with Crippen molar-refractivity contribution in [3.63, 3.8) is 0 Å². The first-order valence-corrected chi connectivity index (χ1v) is 7.46. The molecule has 20 heavy (non-hydrogen) atoms. The zero-order valence-electron chi connectivity index (χ0n) is 11.7. The van der Waals surface area contributed by atoms with Gasteiger partial charge in [0.05, 0.1) is 0 Å². The van der Waals surface area contributed by atoms with Crippen molar-refractivity contribution in [1.29, 1.82) is 0 Å². The van der Waals surface area contributed by atoms with Crippen LogP contribution in [0.3, 0.4) is 0 Å². The molecule has 0 bridgehead atoms. The van der Waals surface area contributed by atoms with Crippen molar-refractivity contribution < 1.29 is 9.53 Å². The van der Waals surface area contributed by atoms with Gasteiger partial charge in [0.2, 0.25) is 0 Å². The number of nitrogens with two attached hydrogens (primary N) is 1. The van der Waals surface area contributed by atoms with Crippen LogP contribution in [0.2, 0.25) is 5.02 Å². The average Bonchev–Trinajstić information content (AvgIpc) is 2.49. The molecule has 1 unspecified atom stereocenters. The normalized spacial score (nSPS) is 17.6. The molecule has 110 valence electrons. The molecule has 5 heteroatoms. The predicted molar refractivity (Wildman–Crippen MR) is 79.7 cm³/mol. The van der Waals surface area contributed by atoms with Crippen LogP contribution in [-0.2, 0) is 4.79 Å². The number of hydrogen-bond acceptors (Lipinski definition) is 3. The number of ether oxygens (including phenoxy) is 1. The maximum absolute atomic E-state index is 11.5. The summed E-state index contributed by atoms with van der Waals surface area (Å²) in [5, 5.41) is 0.703. The first-order chi connectivity index (χ1) is 9.61. The van der Waals surface area contributed by atoms with E-state index in [0.29, 0.717) is 10.9 Å². The number of hydrogen-bond donors (Lipinski definition) is 2. The van der Waals surface area contributed by atoms with Gasteiger partial charge >= 0.3 is 0 Å². The van der Waals surface area contributed by atoms with E-state index in [2.05, 4.69) is 5.43 Å². The first-order valence-electron chi connectivity index (χ1n) is 7.08. The number of amides is 1. The van der Waals surface area contributed by atoms with Gasteiger partial charge in [0.1, 0.15) is 5.75 Å². The molecule has 0 spiro atoms. The predicted octanol–water partition coefficient (Wildman–Crippen LogP) is 3.14. The number of rotatable bonds is 4. The van der Waals surface area contributed by atoms with Gasteiger partial charge in [0, 0.05) is 5.02 Å². The number of hydrazine groups is 1. The molecule has 0 aliphatic heterocycles. The highest BCUT2D eigenvalue weighted by Gasteiger charge is 2.22. The fourth-order valence-corrected chi connectivity index (χ4v) is 2.90. The Morgan fingerprint density at radius 3 is 2.75 bits per heavy atom. The van der Waals surface area contributed by atoms with E-state index < -0.39 is 6.10 Å². The van der Waals surface area contributed by atoms with Crippen LogP contribution in [0.4, 0.5) is 0 Å². The van der Waals surface area contributed by atoms with Crippen molar-refractivity contribution in [1.82, 2.24) is 5.43 Å². The zero-order chi connectivity index (χ0) is 14.5. The second-order valence-electron chi connectivity index (χ2n) is 5.29. The molecular weight excluding hydrogens is 276 g/mol. The number of halogens is 1. The third-order valence-corrected chi connectivity index (χ3v) is 4.07. The molecule has 1 amide bonds. The van der Waals surface area contributed by atoms with Crippen molar-refractivity contribution >= 4 is 17.5 Å². The smallest absolute Gasteiger partial charge is 0.274 e. The van der Waals surface area contributed by atoms with E-state index >= 15 is 0 Å². The summed E-state index contributed by atoms with van der Waals surface area (Å²) in [7, 11) is 0. The third-order valence-electron chi connectivity index (χ3n) is 3.83. The Labute approximate surface area is 124 Å². The van der Waals surface area contributed by atoms with Crippen molar-refractivity contribution in [2.24, 2.45) is 5.84 Å². The quantitative estimate of drug-likeness (QED) is 0.510. The Morgan fingerprint density at radius 2 is 2.10 bits per heavy atom. The summed E-state index contributed by atoms with van der Waals surface area (Å²) in [6, 6.07) is 5.59. The Kier molecular flexibility index (Phi) is 5.26. The number of carbonyl (C=O) groups is 1. The van der Waals surface area contributed by atoms with Gasteiger partial charge in [-0.1, -0.05) is 30.9 Å². The molecule has 3 N–H and O–H groups in total. The lowest BCUT2D eigenvalue weighted by molar-refractivity contribution is -0.127. The third kappa shape index (κ3) is 3.64. The van der Waals surface area contributed by atoms with Crippen LogP contribution in [0.5, 0.6) is 5.75 Å². The summed E-state index contributed by atoms with van der Waals surface area (Å²) in [6.45, 7) is 1.68. The number of benzene rings is 1. The Morgan fingerprint density at radius 1 is 1.40 bits per heavy atom. The minimum Gasteiger partial charge on any atom is -0.481 e. The van der Waals surface area contributed by atoms with E-state index in [-0.39, 0.29) is 5.91 Å². The topological polar surface area (TPSA) is 64.3 Å². The molecule has 0 aromatic heterocycles. The van der Waals surface area contributed by atoms with Crippen LogP contribution in [0.25, 0.3) is 0 Å². The van der Waals surface area contributed by atoms with Crippen molar-refractivity contribution in [2.75, 3.05) is 0 Å². The Hall–Kier alpha value is -1.26. The van der Waals surface area contributed by atoms with Crippen LogP contribution in [0, 0.1) is 0 Å². The standard InChI is InChI=1S/C15H21ClN2O2/c1-10(15(19)18-17)20-14-8-7-12(16)9-13(14)11-5-3-2-4-6-11/h7-11H,2-6,17H2,1H3,(H,18,19). The number of nitrogens with one attached hydrogen (secondary N) is 1. The first kappa shape index (κ1) is 15.1. The van der Waals surface area contributed by atoms with Gasteiger partial charge in [-0.2, -0.15) is 0 Å². The highest BCUT2D eigenvalue weighted by molar-refractivity contribution is 6.30. The minimum absolute atomic E-state index is 0.338. The lowest BCUT2D eigenvalue weighted by atomic mass is 9.83. The largest absolute Gasteiger partial charge is 0.481 e. The van der Waals surface area contributed by atoms with Crippen molar-refractivity contribution in [3.05, 3.63) is 28.8 Å². The fraction of sp³-hybridized carbons (Fsp3) is 0.533. The SMILES string of the molecule is CC(Oc1ccc(Cl)cc1C1CCCCC1)C(=O)NN. The molecule has 2 rings (SSSR count). The monoisotopic (exact) mass is 296 g/mol. The molecule has 1 atom stereocenters. The van der Waals surface area contributed by atoms with Gasteiger partial charge in [-0.25, -0.2) is 5.84 Å². The summed E-state index contributed by atoms with van der Waals surface area (Å²) < 4.78 is 5.76. The second kappa shape index (κ2) is 6.95. The lowest BCUT2D eigenvalue weighted by Gasteiger charge is -2.25. The molecule has 0 radical (unpaired) electrons. The molecule has 1 aliphatic carbocycles. The summed E-state index contributed by atoms with van der Waals surface area (Å²) in [6.07, 6.45) is 5.43. The molecule has 0 saturated heterocycles. The van der Waals surface area contributed by atoms with Gasteiger partial charge in [0.15, 0.2) is 6.10 Å². The molecule has 4 nitrogen and oxygen atoms in total. The van der Waals surface area contributed by atoms with Crippen LogP contribution < -0.4 is 16.0 Å². The van der Waals surface area contributed by atoms with Crippen molar-refractivity contribution in [3.8, 4) is 5.75 Å². The van der Waals surface area contributed by atoms with E-state index in [0.717, 1.165) is 24.2 Å². The molecule has 1 fully saturated rings.